The van der Waals surface area contributed by atoms with Crippen LogP contribution in [0.2, 0.25) is 0 Å². The van der Waals surface area contributed by atoms with Crippen LogP contribution in [0.25, 0.3) is 0 Å². The van der Waals surface area contributed by atoms with E-state index >= 15 is 0 Å². The highest BCUT2D eigenvalue weighted by Gasteiger charge is 2.20. The minimum absolute atomic E-state index is 0.158. The van der Waals surface area contributed by atoms with Crippen LogP contribution in [0, 0.1) is 0 Å². The number of hydrogen-bond acceptors (Lipinski definition) is 2. The van der Waals surface area contributed by atoms with Gasteiger partial charge in [-0.3, -0.25) is 4.79 Å². The minimum Gasteiger partial charge on any atom is -0.319 e. The molecule has 0 bridgehead atoms. The van der Waals surface area contributed by atoms with Crippen LogP contribution in [0.3, 0.4) is 0 Å². The van der Waals surface area contributed by atoms with E-state index in [1.54, 1.807) is 13.8 Å². The summed E-state index contributed by atoms with van der Waals surface area (Å²) in [7, 11) is 0. The SMILES string of the molecule is C=CCCCCCC(=O)C(C)(C)N. The molecule has 0 atom stereocenters. The van der Waals surface area contributed by atoms with E-state index in [1.807, 2.05) is 6.08 Å². The van der Waals surface area contributed by atoms with E-state index in [4.69, 9.17) is 5.73 Å². The second kappa shape index (κ2) is 5.92. The van der Waals surface area contributed by atoms with Crippen molar-refractivity contribution in [3.8, 4) is 0 Å². The van der Waals surface area contributed by atoms with Gasteiger partial charge in [0, 0.05) is 6.42 Å². The van der Waals surface area contributed by atoms with Crippen LogP contribution in [0.4, 0.5) is 0 Å². The number of ketones is 1. The van der Waals surface area contributed by atoms with Gasteiger partial charge in [0.15, 0.2) is 5.78 Å². The molecule has 0 aromatic carbocycles. The first kappa shape index (κ1) is 12.4. The predicted molar refractivity (Wildman–Crippen MR) is 56.6 cm³/mol. The monoisotopic (exact) mass is 183 g/mol. The number of hydrogen-bond donors (Lipinski definition) is 1. The average molecular weight is 183 g/mol. The Morgan fingerprint density at radius 3 is 2.46 bits per heavy atom. The summed E-state index contributed by atoms with van der Waals surface area (Å²) in [5.74, 6) is 0.158. The molecule has 0 unspecified atom stereocenters. The zero-order chi connectivity index (χ0) is 10.3. The third-order valence-corrected chi connectivity index (χ3v) is 2.03. The zero-order valence-corrected chi connectivity index (χ0v) is 8.81. The van der Waals surface area contributed by atoms with E-state index in [0.717, 1.165) is 25.7 Å². The van der Waals surface area contributed by atoms with E-state index in [9.17, 15) is 4.79 Å². The van der Waals surface area contributed by atoms with Crippen LogP contribution in [-0.2, 0) is 4.79 Å². The molecular weight excluding hydrogens is 162 g/mol. The van der Waals surface area contributed by atoms with Crippen molar-refractivity contribution in [2.24, 2.45) is 5.73 Å². The summed E-state index contributed by atoms with van der Waals surface area (Å²) in [5, 5.41) is 0. The van der Waals surface area contributed by atoms with Gasteiger partial charge < -0.3 is 5.73 Å². The fraction of sp³-hybridized carbons (Fsp3) is 0.727. The highest BCUT2D eigenvalue weighted by Crippen LogP contribution is 2.09. The fourth-order valence-electron chi connectivity index (χ4n) is 1.07. The molecule has 2 nitrogen and oxygen atoms in total. The smallest absolute Gasteiger partial charge is 0.152 e. The van der Waals surface area contributed by atoms with Crippen molar-refractivity contribution >= 4 is 5.78 Å². The van der Waals surface area contributed by atoms with Gasteiger partial charge in [-0.2, -0.15) is 0 Å². The molecule has 0 saturated heterocycles. The highest BCUT2D eigenvalue weighted by atomic mass is 16.1. The molecule has 0 aliphatic rings. The van der Waals surface area contributed by atoms with Crippen molar-refractivity contribution in [3.63, 3.8) is 0 Å². The van der Waals surface area contributed by atoms with Gasteiger partial charge in [-0.1, -0.05) is 12.5 Å². The summed E-state index contributed by atoms with van der Waals surface area (Å²) in [5.41, 5.74) is 5.00. The second-order valence-corrected chi connectivity index (χ2v) is 4.03. The molecule has 0 heterocycles. The number of nitrogens with two attached hydrogens (primary N) is 1. The molecule has 2 heteroatoms. The number of unbranched alkanes of at least 4 members (excludes halogenated alkanes) is 3. The maximum atomic E-state index is 11.4. The van der Waals surface area contributed by atoms with Gasteiger partial charge in [-0.25, -0.2) is 0 Å². The summed E-state index contributed by atoms with van der Waals surface area (Å²) >= 11 is 0. The maximum absolute atomic E-state index is 11.4. The Hall–Kier alpha value is -0.630. The van der Waals surface area contributed by atoms with Crippen LogP contribution in [-0.4, -0.2) is 11.3 Å². The quantitative estimate of drug-likeness (QED) is 0.486. The van der Waals surface area contributed by atoms with Crippen molar-refractivity contribution in [2.45, 2.75) is 51.5 Å². The van der Waals surface area contributed by atoms with Crippen LogP contribution >= 0.6 is 0 Å². The van der Waals surface area contributed by atoms with Crippen molar-refractivity contribution in [2.75, 3.05) is 0 Å². The molecule has 0 aliphatic heterocycles. The van der Waals surface area contributed by atoms with Crippen molar-refractivity contribution in [1.82, 2.24) is 0 Å². The number of carbonyl (C=O) groups excluding carboxylic acids is 1. The number of allylic oxidation sites excluding steroid dienone is 1. The lowest BCUT2D eigenvalue weighted by molar-refractivity contribution is -0.123. The summed E-state index contributed by atoms with van der Waals surface area (Å²) in [6, 6.07) is 0. The Labute approximate surface area is 81.2 Å². The molecule has 0 fully saturated rings. The van der Waals surface area contributed by atoms with Crippen LogP contribution in [0.5, 0.6) is 0 Å². The Bertz CT molecular complexity index is 167. The molecular formula is C11H21NO. The van der Waals surface area contributed by atoms with Gasteiger partial charge in [-0.05, 0) is 33.1 Å². The van der Waals surface area contributed by atoms with E-state index in [1.165, 1.54) is 0 Å². The molecule has 0 aromatic rings. The molecule has 0 saturated carbocycles. The van der Waals surface area contributed by atoms with Crippen molar-refractivity contribution < 1.29 is 4.79 Å². The van der Waals surface area contributed by atoms with E-state index in [-0.39, 0.29) is 5.78 Å². The standard InChI is InChI=1S/C11H21NO/c1-4-5-6-7-8-9-10(13)11(2,3)12/h4H,1,5-9,12H2,2-3H3. The lowest BCUT2D eigenvalue weighted by Crippen LogP contribution is -2.41. The molecule has 0 amide bonds. The molecule has 13 heavy (non-hydrogen) atoms. The highest BCUT2D eigenvalue weighted by molar-refractivity contribution is 5.87. The van der Waals surface area contributed by atoms with Crippen molar-refractivity contribution in [3.05, 3.63) is 12.7 Å². The topological polar surface area (TPSA) is 43.1 Å². The first-order valence-corrected chi connectivity index (χ1v) is 4.91. The number of rotatable bonds is 7. The maximum Gasteiger partial charge on any atom is 0.152 e. The lowest BCUT2D eigenvalue weighted by Gasteiger charge is -2.16. The second-order valence-electron chi connectivity index (χ2n) is 4.03. The van der Waals surface area contributed by atoms with E-state index < -0.39 is 5.54 Å². The van der Waals surface area contributed by atoms with Gasteiger partial charge in [0.2, 0.25) is 0 Å². The number of Topliss-reactive ketones (excluding diaryl/α,β-unsaturated/α-hetero) is 1. The third-order valence-electron chi connectivity index (χ3n) is 2.03. The van der Waals surface area contributed by atoms with Gasteiger partial charge in [0.05, 0.1) is 5.54 Å². The summed E-state index contributed by atoms with van der Waals surface area (Å²) in [4.78, 5) is 11.4. The number of carbonyl (C=O) groups is 1. The van der Waals surface area contributed by atoms with Crippen molar-refractivity contribution in [1.29, 1.82) is 0 Å². The largest absolute Gasteiger partial charge is 0.319 e. The molecule has 0 spiro atoms. The molecule has 0 rings (SSSR count). The predicted octanol–water partition coefficient (Wildman–Crippen LogP) is 2.43. The average Bonchev–Trinajstić information content (AvgIpc) is 2.02. The molecule has 0 radical (unpaired) electrons. The fourth-order valence-corrected chi connectivity index (χ4v) is 1.07. The van der Waals surface area contributed by atoms with Crippen LogP contribution in [0.15, 0.2) is 12.7 Å². The third kappa shape index (κ3) is 6.52. The molecule has 0 aliphatic carbocycles. The minimum atomic E-state index is -0.654. The Kier molecular flexibility index (Phi) is 5.63. The summed E-state index contributed by atoms with van der Waals surface area (Å²) in [6.45, 7) is 7.17. The Morgan fingerprint density at radius 2 is 2.00 bits per heavy atom. The molecule has 0 aromatic heterocycles. The van der Waals surface area contributed by atoms with Gasteiger partial charge in [0.25, 0.3) is 0 Å². The Balaban J connectivity index is 3.43. The van der Waals surface area contributed by atoms with Gasteiger partial charge in [0.1, 0.15) is 0 Å². The summed E-state index contributed by atoms with van der Waals surface area (Å²) in [6.07, 6.45) is 6.73. The van der Waals surface area contributed by atoms with E-state index in [2.05, 4.69) is 6.58 Å². The first-order chi connectivity index (χ1) is 5.98. The first-order valence-electron chi connectivity index (χ1n) is 4.91. The zero-order valence-electron chi connectivity index (χ0n) is 8.81. The normalized spacial score (nSPS) is 11.3. The molecule has 2 N–H and O–H groups in total. The molecule has 76 valence electrons. The van der Waals surface area contributed by atoms with Crippen LogP contribution in [0.1, 0.15) is 46.0 Å². The van der Waals surface area contributed by atoms with E-state index in [0.29, 0.717) is 6.42 Å². The Morgan fingerprint density at radius 1 is 1.38 bits per heavy atom. The lowest BCUT2D eigenvalue weighted by atomic mass is 9.96. The van der Waals surface area contributed by atoms with Gasteiger partial charge in [-0.15, -0.1) is 6.58 Å². The van der Waals surface area contributed by atoms with Crippen LogP contribution < -0.4 is 5.73 Å². The van der Waals surface area contributed by atoms with Gasteiger partial charge >= 0.3 is 0 Å². The summed E-state index contributed by atoms with van der Waals surface area (Å²) < 4.78 is 0.